The van der Waals surface area contributed by atoms with Gasteiger partial charge in [-0.05, 0) is 37.8 Å². The largest absolute Gasteiger partial charge is 0.381 e. The zero-order chi connectivity index (χ0) is 13.7. The molecule has 2 rings (SSSR count). The van der Waals surface area contributed by atoms with E-state index in [1.807, 2.05) is 19.1 Å². The van der Waals surface area contributed by atoms with E-state index in [9.17, 15) is 4.39 Å². The number of nitriles is 1. The van der Waals surface area contributed by atoms with Crippen molar-refractivity contribution >= 4 is 5.69 Å². The third kappa shape index (κ3) is 3.24. The molecular formula is C15H19FN2O. The van der Waals surface area contributed by atoms with Crippen molar-refractivity contribution in [3.8, 4) is 6.07 Å². The second-order valence-electron chi connectivity index (χ2n) is 4.86. The first-order chi connectivity index (χ1) is 9.26. The maximum Gasteiger partial charge on any atom is 0.143 e. The smallest absolute Gasteiger partial charge is 0.143 e. The molecule has 1 fully saturated rings. The van der Waals surface area contributed by atoms with E-state index in [4.69, 9.17) is 10.00 Å². The predicted octanol–water partition coefficient (Wildman–Crippen LogP) is 2.95. The average molecular weight is 262 g/mol. The monoisotopic (exact) mass is 262 g/mol. The van der Waals surface area contributed by atoms with Gasteiger partial charge in [-0.2, -0.15) is 5.26 Å². The van der Waals surface area contributed by atoms with Gasteiger partial charge in [0.1, 0.15) is 17.4 Å². The number of anilines is 1. The first kappa shape index (κ1) is 13.8. The van der Waals surface area contributed by atoms with E-state index in [1.54, 1.807) is 6.07 Å². The van der Waals surface area contributed by atoms with Crippen LogP contribution in [0.3, 0.4) is 0 Å². The fourth-order valence-corrected chi connectivity index (χ4v) is 2.59. The number of rotatable bonds is 4. The minimum Gasteiger partial charge on any atom is -0.381 e. The maximum atomic E-state index is 13.6. The first-order valence-corrected chi connectivity index (χ1v) is 6.77. The van der Waals surface area contributed by atoms with E-state index in [0.29, 0.717) is 11.6 Å². The zero-order valence-electron chi connectivity index (χ0n) is 11.2. The van der Waals surface area contributed by atoms with Crippen molar-refractivity contribution < 1.29 is 9.13 Å². The molecule has 0 bridgehead atoms. The second kappa shape index (κ2) is 6.53. The van der Waals surface area contributed by atoms with Crippen molar-refractivity contribution in [2.24, 2.45) is 5.92 Å². The highest BCUT2D eigenvalue weighted by molar-refractivity contribution is 5.60. The van der Waals surface area contributed by atoms with Crippen molar-refractivity contribution in [3.63, 3.8) is 0 Å². The molecule has 0 aromatic heterocycles. The van der Waals surface area contributed by atoms with Crippen molar-refractivity contribution in [1.82, 2.24) is 0 Å². The molecule has 1 heterocycles. The highest BCUT2D eigenvalue weighted by Crippen LogP contribution is 2.27. The number of hydrogen-bond acceptors (Lipinski definition) is 3. The van der Waals surface area contributed by atoms with Gasteiger partial charge in [-0.15, -0.1) is 0 Å². The van der Waals surface area contributed by atoms with Crippen LogP contribution in [-0.4, -0.2) is 26.3 Å². The lowest BCUT2D eigenvalue weighted by molar-refractivity contribution is 0.104. The first-order valence-electron chi connectivity index (χ1n) is 6.77. The Morgan fingerprint density at radius 2 is 2.37 bits per heavy atom. The molecule has 0 N–H and O–H groups in total. The summed E-state index contributed by atoms with van der Waals surface area (Å²) < 4.78 is 19.1. The van der Waals surface area contributed by atoms with Crippen molar-refractivity contribution in [2.75, 3.05) is 31.2 Å². The van der Waals surface area contributed by atoms with E-state index in [-0.39, 0.29) is 5.56 Å². The minimum atomic E-state index is -0.438. The van der Waals surface area contributed by atoms with Gasteiger partial charge in [-0.3, -0.25) is 0 Å². The van der Waals surface area contributed by atoms with Gasteiger partial charge >= 0.3 is 0 Å². The van der Waals surface area contributed by atoms with Crippen molar-refractivity contribution in [1.29, 1.82) is 5.26 Å². The summed E-state index contributed by atoms with van der Waals surface area (Å²) in [5, 5.41) is 9.10. The molecular weight excluding hydrogens is 243 g/mol. The van der Waals surface area contributed by atoms with E-state index >= 15 is 0 Å². The Bertz CT molecular complexity index is 470. The molecule has 3 nitrogen and oxygen atoms in total. The van der Waals surface area contributed by atoms with Crippen molar-refractivity contribution in [3.05, 3.63) is 29.6 Å². The van der Waals surface area contributed by atoms with E-state index in [0.717, 1.165) is 39.1 Å². The van der Waals surface area contributed by atoms with Crippen LogP contribution in [0.4, 0.5) is 10.1 Å². The second-order valence-corrected chi connectivity index (χ2v) is 4.86. The highest BCUT2D eigenvalue weighted by Gasteiger charge is 2.22. The Morgan fingerprint density at radius 3 is 3.11 bits per heavy atom. The zero-order valence-corrected chi connectivity index (χ0v) is 11.2. The van der Waals surface area contributed by atoms with Gasteiger partial charge < -0.3 is 9.64 Å². The van der Waals surface area contributed by atoms with Gasteiger partial charge in [0.15, 0.2) is 0 Å². The molecule has 0 saturated carbocycles. The Labute approximate surface area is 113 Å². The van der Waals surface area contributed by atoms with Crippen LogP contribution in [0.15, 0.2) is 18.2 Å². The Kier molecular flexibility index (Phi) is 4.75. The van der Waals surface area contributed by atoms with Crippen LogP contribution in [0.1, 0.15) is 25.3 Å². The van der Waals surface area contributed by atoms with Crippen LogP contribution in [0, 0.1) is 23.1 Å². The predicted molar refractivity (Wildman–Crippen MR) is 72.5 cm³/mol. The van der Waals surface area contributed by atoms with E-state index in [2.05, 4.69) is 4.90 Å². The fraction of sp³-hybridized carbons (Fsp3) is 0.533. The van der Waals surface area contributed by atoms with Crippen LogP contribution < -0.4 is 4.90 Å². The summed E-state index contributed by atoms with van der Waals surface area (Å²) in [4.78, 5) is 2.11. The van der Waals surface area contributed by atoms with Crippen LogP contribution >= 0.6 is 0 Å². The summed E-state index contributed by atoms with van der Waals surface area (Å²) in [5.74, 6) is 0.0236. The van der Waals surface area contributed by atoms with E-state index < -0.39 is 5.82 Å². The summed E-state index contributed by atoms with van der Waals surface area (Å²) in [7, 11) is 0. The summed E-state index contributed by atoms with van der Waals surface area (Å²) in [6.07, 6.45) is 2.19. The molecule has 1 saturated heterocycles. The molecule has 1 aliphatic rings. The number of nitrogens with zero attached hydrogens (tertiary/aromatic N) is 2. The lowest BCUT2D eigenvalue weighted by atomic mass is 9.97. The van der Waals surface area contributed by atoms with Crippen molar-refractivity contribution in [2.45, 2.75) is 19.8 Å². The standard InChI is InChI=1S/C15H19FN2O/c1-2-19-11-12-5-4-8-18(10-12)15-7-3-6-14(16)13(15)9-17/h3,6-7,12H,2,4-5,8,10-11H2,1H3. The molecule has 19 heavy (non-hydrogen) atoms. The topological polar surface area (TPSA) is 36.3 Å². The van der Waals surface area contributed by atoms with Gasteiger partial charge in [0.05, 0.1) is 12.3 Å². The average Bonchev–Trinajstić information content (AvgIpc) is 2.45. The molecule has 1 aliphatic heterocycles. The van der Waals surface area contributed by atoms with Crippen LogP contribution in [0.2, 0.25) is 0 Å². The molecule has 1 aromatic carbocycles. The van der Waals surface area contributed by atoms with Crippen LogP contribution in [-0.2, 0) is 4.74 Å². The lowest BCUT2D eigenvalue weighted by Crippen LogP contribution is -2.37. The molecule has 0 spiro atoms. The van der Waals surface area contributed by atoms with Crippen LogP contribution in [0.25, 0.3) is 0 Å². The number of hydrogen-bond donors (Lipinski definition) is 0. The number of halogens is 1. The van der Waals surface area contributed by atoms with Gasteiger partial charge in [0, 0.05) is 19.7 Å². The third-order valence-corrected chi connectivity index (χ3v) is 3.52. The molecule has 1 atom stereocenters. The van der Waals surface area contributed by atoms with Gasteiger partial charge in [0.2, 0.25) is 0 Å². The molecule has 1 aromatic rings. The number of piperidine rings is 1. The summed E-state index contributed by atoms with van der Waals surface area (Å²) >= 11 is 0. The maximum absolute atomic E-state index is 13.6. The summed E-state index contributed by atoms with van der Waals surface area (Å²) in [6, 6.07) is 6.80. The molecule has 102 valence electrons. The van der Waals surface area contributed by atoms with Crippen LogP contribution in [0.5, 0.6) is 0 Å². The van der Waals surface area contributed by atoms with E-state index in [1.165, 1.54) is 6.07 Å². The summed E-state index contributed by atoms with van der Waals surface area (Å²) in [6.45, 7) is 5.16. The number of ether oxygens (including phenoxy) is 1. The molecule has 1 unspecified atom stereocenters. The highest BCUT2D eigenvalue weighted by atomic mass is 19.1. The molecule has 4 heteroatoms. The SMILES string of the molecule is CCOCC1CCCN(c2cccc(F)c2C#N)C1. The fourth-order valence-electron chi connectivity index (χ4n) is 2.59. The van der Waals surface area contributed by atoms with Gasteiger partial charge in [-0.1, -0.05) is 6.07 Å². The summed E-state index contributed by atoms with van der Waals surface area (Å²) in [5.41, 5.74) is 0.864. The van der Waals surface area contributed by atoms with Gasteiger partial charge in [-0.25, -0.2) is 4.39 Å². The normalized spacial score (nSPS) is 19.2. The molecule has 0 aliphatic carbocycles. The molecule has 0 amide bonds. The van der Waals surface area contributed by atoms with Gasteiger partial charge in [0.25, 0.3) is 0 Å². The number of benzene rings is 1. The Morgan fingerprint density at radius 1 is 1.53 bits per heavy atom. The lowest BCUT2D eigenvalue weighted by Gasteiger charge is -2.34. The minimum absolute atomic E-state index is 0.152. The Hall–Kier alpha value is -1.60. The quantitative estimate of drug-likeness (QED) is 0.837. The Balaban J connectivity index is 2.13. The molecule has 0 radical (unpaired) electrons. The third-order valence-electron chi connectivity index (χ3n) is 3.52.